The first-order chi connectivity index (χ1) is 9.71. The molecule has 1 heterocycles. The molecule has 20 heavy (non-hydrogen) atoms. The molecule has 1 aliphatic carbocycles. The van der Waals surface area contributed by atoms with E-state index in [-0.39, 0.29) is 17.8 Å². The van der Waals surface area contributed by atoms with E-state index in [9.17, 15) is 5.11 Å². The number of rotatable bonds is 6. The average molecular weight is 284 g/mol. The van der Waals surface area contributed by atoms with Crippen LogP contribution in [0.4, 0.5) is 0 Å². The molecule has 1 saturated carbocycles. The van der Waals surface area contributed by atoms with Crippen LogP contribution in [0, 0.1) is 5.92 Å². The van der Waals surface area contributed by atoms with Crippen molar-refractivity contribution in [3.8, 4) is 0 Å². The normalized spacial score (nSPS) is 29.2. The molecule has 1 saturated heterocycles. The van der Waals surface area contributed by atoms with Crippen LogP contribution in [0.25, 0.3) is 0 Å². The maximum atomic E-state index is 10.7. The molecule has 118 valence electrons. The molecule has 1 spiro atoms. The fraction of sp³-hybridized carbons (Fsp3) is 1.00. The Morgan fingerprint density at radius 3 is 2.65 bits per heavy atom. The van der Waals surface area contributed by atoms with Gasteiger partial charge in [0.15, 0.2) is 0 Å². The Labute approximate surface area is 124 Å². The number of hydrogen-bond acceptors (Lipinski definition) is 3. The van der Waals surface area contributed by atoms with Crippen molar-refractivity contribution in [3.05, 3.63) is 0 Å². The summed E-state index contributed by atoms with van der Waals surface area (Å²) >= 11 is 0. The van der Waals surface area contributed by atoms with E-state index in [4.69, 9.17) is 9.47 Å². The van der Waals surface area contributed by atoms with Crippen molar-refractivity contribution in [3.63, 3.8) is 0 Å². The summed E-state index contributed by atoms with van der Waals surface area (Å²) in [5, 5.41) is 10.7. The maximum Gasteiger partial charge on any atom is 0.0836 e. The lowest BCUT2D eigenvalue weighted by atomic mass is 9.73. The average Bonchev–Trinajstić information content (AvgIpc) is 2.47. The molecule has 0 radical (unpaired) electrons. The summed E-state index contributed by atoms with van der Waals surface area (Å²) in [5.74, 6) is 0.352. The van der Waals surface area contributed by atoms with E-state index in [2.05, 4.69) is 6.92 Å². The largest absolute Gasteiger partial charge is 0.390 e. The first kappa shape index (κ1) is 16.3. The molecule has 0 bridgehead atoms. The highest BCUT2D eigenvalue weighted by atomic mass is 16.5. The second kappa shape index (κ2) is 7.77. The van der Waals surface area contributed by atoms with Crippen molar-refractivity contribution in [2.24, 2.45) is 5.92 Å². The number of hydrogen-bond donors (Lipinski definition) is 1. The molecule has 0 amide bonds. The predicted molar refractivity (Wildman–Crippen MR) is 80.8 cm³/mol. The maximum absolute atomic E-state index is 10.7. The molecule has 0 aromatic carbocycles. The number of aliphatic hydroxyl groups is 1. The van der Waals surface area contributed by atoms with Gasteiger partial charge in [0.2, 0.25) is 0 Å². The van der Waals surface area contributed by atoms with Gasteiger partial charge in [-0.2, -0.15) is 0 Å². The zero-order valence-corrected chi connectivity index (χ0v) is 13.3. The van der Waals surface area contributed by atoms with Crippen molar-refractivity contribution < 1.29 is 14.6 Å². The topological polar surface area (TPSA) is 38.7 Å². The van der Waals surface area contributed by atoms with Crippen molar-refractivity contribution >= 4 is 0 Å². The molecular weight excluding hydrogens is 252 g/mol. The lowest BCUT2D eigenvalue weighted by Crippen LogP contribution is -2.47. The van der Waals surface area contributed by atoms with Gasteiger partial charge in [0.05, 0.1) is 17.8 Å². The Balaban J connectivity index is 1.95. The Kier molecular flexibility index (Phi) is 6.31. The lowest BCUT2D eigenvalue weighted by molar-refractivity contribution is -0.151. The van der Waals surface area contributed by atoms with Crippen molar-refractivity contribution in [1.29, 1.82) is 0 Å². The van der Waals surface area contributed by atoms with Crippen molar-refractivity contribution in [1.82, 2.24) is 0 Å². The van der Waals surface area contributed by atoms with Crippen LogP contribution >= 0.6 is 0 Å². The summed E-state index contributed by atoms with van der Waals surface area (Å²) in [4.78, 5) is 0. The molecule has 2 fully saturated rings. The monoisotopic (exact) mass is 284 g/mol. The smallest absolute Gasteiger partial charge is 0.0836 e. The minimum absolute atomic E-state index is 0.00809. The summed E-state index contributed by atoms with van der Waals surface area (Å²) in [6, 6.07) is 0. The van der Waals surface area contributed by atoms with E-state index in [1.165, 1.54) is 32.1 Å². The van der Waals surface area contributed by atoms with Crippen LogP contribution in [0.15, 0.2) is 0 Å². The molecule has 3 nitrogen and oxygen atoms in total. The van der Waals surface area contributed by atoms with E-state index in [1.54, 1.807) is 0 Å². The van der Waals surface area contributed by atoms with Crippen LogP contribution in [0.5, 0.6) is 0 Å². The van der Waals surface area contributed by atoms with E-state index in [0.717, 1.165) is 32.3 Å². The van der Waals surface area contributed by atoms with Crippen LogP contribution in [0.1, 0.15) is 71.6 Å². The molecule has 3 atom stereocenters. The van der Waals surface area contributed by atoms with Gasteiger partial charge in [-0.05, 0) is 44.9 Å². The van der Waals surface area contributed by atoms with Gasteiger partial charge >= 0.3 is 0 Å². The molecule has 1 N–H and O–H groups in total. The second-order valence-corrected chi connectivity index (χ2v) is 6.62. The molecule has 0 aromatic heterocycles. The molecular formula is C17H32O3. The SMILES string of the molecule is CCCC(OCC)C(O)C1CCOC2(CCCCC2)C1. The zero-order chi connectivity index (χ0) is 14.4. The highest BCUT2D eigenvalue weighted by Crippen LogP contribution is 2.42. The van der Waals surface area contributed by atoms with Crippen molar-refractivity contribution in [2.45, 2.75) is 89.4 Å². The van der Waals surface area contributed by atoms with Gasteiger partial charge in [-0.3, -0.25) is 0 Å². The van der Waals surface area contributed by atoms with Gasteiger partial charge in [-0.15, -0.1) is 0 Å². The molecule has 2 rings (SSSR count). The van der Waals surface area contributed by atoms with Gasteiger partial charge in [-0.1, -0.05) is 32.6 Å². The summed E-state index contributed by atoms with van der Waals surface area (Å²) in [6.07, 6.45) is 10.0. The van der Waals surface area contributed by atoms with E-state index < -0.39 is 0 Å². The minimum atomic E-state index is -0.322. The minimum Gasteiger partial charge on any atom is -0.390 e. The lowest BCUT2D eigenvalue weighted by Gasteiger charge is -2.45. The number of aliphatic hydroxyl groups excluding tert-OH is 1. The molecule has 1 aliphatic heterocycles. The second-order valence-electron chi connectivity index (χ2n) is 6.62. The van der Waals surface area contributed by atoms with Crippen molar-refractivity contribution in [2.75, 3.05) is 13.2 Å². The van der Waals surface area contributed by atoms with Gasteiger partial charge in [0, 0.05) is 13.2 Å². The third-order valence-electron chi connectivity index (χ3n) is 5.11. The standard InChI is InChI=1S/C17H32O3/c1-3-8-15(19-4-2)16(18)14-9-12-20-17(13-14)10-6-5-7-11-17/h14-16,18H,3-13H2,1-2H3. The third-order valence-corrected chi connectivity index (χ3v) is 5.11. The van der Waals surface area contributed by atoms with Gasteiger partial charge in [0.1, 0.15) is 0 Å². The number of ether oxygens (including phenoxy) is 2. The van der Waals surface area contributed by atoms with Gasteiger partial charge in [0.25, 0.3) is 0 Å². The Hall–Kier alpha value is -0.120. The van der Waals surface area contributed by atoms with Crippen LogP contribution < -0.4 is 0 Å². The van der Waals surface area contributed by atoms with Gasteiger partial charge < -0.3 is 14.6 Å². The van der Waals surface area contributed by atoms with Crippen LogP contribution in [0.3, 0.4) is 0 Å². The Bertz CT molecular complexity index is 262. The summed E-state index contributed by atoms with van der Waals surface area (Å²) < 4.78 is 11.9. The highest BCUT2D eigenvalue weighted by molar-refractivity contribution is 4.93. The van der Waals surface area contributed by atoms with Gasteiger partial charge in [-0.25, -0.2) is 0 Å². The quantitative estimate of drug-likeness (QED) is 0.808. The predicted octanol–water partition coefficient (Wildman–Crippen LogP) is 3.68. The van der Waals surface area contributed by atoms with E-state index in [1.807, 2.05) is 6.92 Å². The zero-order valence-electron chi connectivity index (χ0n) is 13.3. The van der Waals surface area contributed by atoms with Crippen LogP contribution in [-0.4, -0.2) is 36.1 Å². The highest BCUT2D eigenvalue weighted by Gasteiger charge is 2.42. The first-order valence-corrected chi connectivity index (χ1v) is 8.64. The molecule has 2 aliphatic rings. The molecule has 3 unspecified atom stereocenters. The summed E-state index contributed by atoms with van der Waals surface area (Å²) in [6.45, 7) is 5.68. The van der Waals surface area contributed by atoms with E-state index in [0.29, 0.717) is 12.5 Å². The Morgan fingerprint density at radius 1 is 1.25 bits per heavy atom. The third kappa shape index (κ3) is 3.96. The van der Waals surface area contributed by atoms with Crippen LogP contribution in [-0.2, 0) is 9.47 Å². The van der Waals surface area contributed by atoms with Crippen LogP contribution in [0.2, 0.25) is 0 Å². The summed E-state index contributed by atoms with van der Waals surface area (Å²) in [7, 11) is 0. The fourth-order valence-corrected chi connectivity index (χ4v) is 4.06. The summed E-state index contributed by atoms with van der Waals surface area (Å²) in [5.41, 5.74) is 0.0745. The fourth-order valence-electron chi connectivity index (χ4n) is 4.06. The first-order valence-electron chi connectivity index (χ1n) is 8.64. The van der Waals surface area contributed by atoms with E-state index >= 15 is 0 Å². The molecule has 3 heteroatoms. The Morgan fingerprint density at radius 2 is 2.00 bits per heavy atom. The molecule has 0 aromatic rings.